The highest BCUT2D eigenvalue weighted by molar-refractivity contribution is 14.0. The van der Waals surface area contributed by atoms with Crippen LogP contribution in [0, 0.1) is 0 Å². The standard InChI is InChI=1S/C15H23ClN4OS.HI/c1-3-8-18-14(21)11-20-15(17-2)19-9-10-22-13-6-4-12(16)5-7-13;/h4-7H,3,8-11H2,1-2H3,(H,18,21)(H2,17,19,20);1H. The molecule has 0 aromatic heterocycles. The number of carbonyl (C=O) groups excluding carboxylic acids is 1. The molecule has 0 bridgehead atoms. The van der Waals surface area contributed by atoms with Gasteiger partial charge in [-0.05, 0) is 30.7 Å². The summed E-state index contributed by atoms with van der Waals surface area (Å²) >= 11 is 7.58. The minimum Gasteiger partial charge on any atom is -0.356 e. The largest absolute Gasteiger partial charge is 0.356 e. The van der Waals surface area contributed by atoms with Crippen molar-refractivity contribution in [2.75, 3.05) is 32.4 Å². The maximum absolute atomic E-state index is 11.5. The molecule has 0 radical (unpaired) electrons. The predicted octanol–water partition coefficient (Wildman–Crippen LogP) is 2.74. The molecule has 8 heteroatoms. The fourth-order valence-electron chi connectivity index (χ4n) is 1.58. The molecule has 0 aliphatic heterocycles. The third-order valence-electron chi connectivity index (χ3n) is 2.69. The Hall–Kier alpha value is -0.670. The highest BCUT2D eigenvalue weighted by Crippen LogP contribution is 2.19. The van der Waals surface area contributed by atoms with Gasteiger partial charge >= 0.3 is 0 Å². The molecule has 1 aromatic rings. The van der Waals surface area contributed by atoms with E-state index in [2.05, 4.69) is 20.9 Å². The zero-order valence-corrected chi connectivity index (χ0v) is 17.3. The summed E-state index contributed by atoms with van der Waals surface area (Å²) < 4.78 is 0. The molecule has 0 saturated carbocycles. The monoisotopic (exact) mass is 470 g/mol. The number of halogens is 2. The van der Waals surface area contributed by atoms with Crippen LogP contribution in [0.15, 0.2) is 34.2 Å². The van der Waals surface area contributed by atoms with Crippen molar-refractivity contribution < 1.29 is 4.79 Å². The van der Waals surface area contributed by atoms with Crippen LogP contribution in [0.25, 0.3) is 0 Å². The summed E-state index contributed by atoms with van der Waals surface area (Å²) in [5, 5.41) is 9.71. The van der Waals surface area contributed by atoms with Crippen LogP contribution < -0.4 is 16.0 Å². The first-order chi connectivity index (χ1) is 10.7. The van der Waals surface area contributed by atoms with Crippen LogP contribution in [0.3, 0.4) is 0 Å². The third kappa shape index (κ3) is 10.7. The van der Waals surface area contributed by atoms with Crippen molar-refractivity contribution in [1.29, 1.82) is 0 Å². The molecule has 1 rings (SSSR count). The molecule has 0 heterocycles. The molecular formula is C15H24ClIN4OS. The second-order valence-corrected chi connectivity index (χ2v) is 6.11. The Kier molecular flexibility index (Phi) is 13.3. The number of hydrogen-bond acceptors (Lipinski definition) is 3. The SMILES string of the molecule is CCCNC(=O)CNC(=NC)NCCSc1ccc(Cl)cc1.I. The molecule has 5 nitrogen and oxygen atoms in total. The minimum atomic E-state index is -0.0275. The van der Waals surface area contributed by atoms with E-state index in [-0.39, 0.29) is 36.4 Å². The van der Waals surface area contributed by atoms with Crippen LogP contribution in [0.4, 0.5) is 0 Å². The second-order valence-electron chi connectivity index (χ2n) is 4.50. The van der Waals surface area contributed by atoms with Gasteiger partial charge in [0.1, 0.15) is 0 Å². The number of nitrogens with zero attached hydrogens (tertiary/aromatic N) is 1. The van der Waals surface area contributed by atoms with E-state index in [9.17, 15) is 4.79 Å². The van der Waals surface area contributed by atoms with Crippen molar-refractivity contribution >= 4 is 59.2 Å². The van der Waals surface area contributed by atoms with E-state index in [1.165, 1.54) is 4.90 Å². The van der Waals surface area contributed by atoms with Crippen molar-refractivity contribution in [3.05, 3.63) is 29.3 Å². The summed E-state index contributed by atoms with van der Waals surface area (Å²) in [6, 6.07) is 7.76. The van der Waals surface area contributed by atoms with Crippen molar-refractivity contribution in [2.45, 2.75) is 18.2 Å². The second kappa shape index (κ2) is 13.7. The van der Waals surface area contributed by atoms with Crippen LogP contribution in [0.1, 0.15) is 13.3 Å². The Morgan fingerprint density at radius 2 is 1.87 bits per heavy atom. The van der Waals surface area contributed by atoms with Gasteiger partial charge in [0.2, 0.25) is 5.91 Å². The van der Waals surface area contributed by atoms with Crippen LogP contribution in [0.2, 0.25) is 5.02 Å². The summed E-state index contributed by atoms with van der Waals surface area (Å²) in [5.74, 6) is 1.49. The summed E-state index contributed by atoms with van der Waals surface area (Å²) in [4.78, 5) is 16.8. The van der Waals surface area contributed by atoms with Gasteiger partial charge in [-0.3, -0.25) is 9.79 Å². The number of thioether (sulfide) groups is 1. The molecule has 1 amide bonds. The molecule has 1 aromatic carbocycles. The Morgan fingerprint density at radius 3 is 2.48 bits per heavy atom. The first-order valence-corrected chi connectivity index (χ1v) is 8.61. The highest BCUT2D eigenvalue weighted by Gasteiger charge is 2.02. The van der Waals surface area contributed by atoms with E-state index < -0.39 is 0 Å². The van der Waals surface area contributed by atoms with E-state index in [0.717, 1.165) is 23.7 Å². The van der Waals surface area contributed by atoms with Gasteiger partial charge < -0.3 is 16.0 Å². The van der Waals surface area contributed by atoms with Crippen molar-refractivity contribution in [1.82, 2.24) is 16.0 Å². The molecule has 0 aliphatic rings. The summed E-state index contributed by atoms with van der Waals surface area (Å²) in [7, 11) is 1.69. The lowest BCUT2D eigenvalue weighted by Gasteiger charge is -2.11. The van der Waals surface area contributed by atoms with E-state index in [1.807, 2.05) is 31.2 Å². The van der Waals surface area contributed by atoms with E-state index in [1.54, 1.807) is 18.8 Å². The number of hydrogen-bond donors (Lipinski definition) is 3. The Morgan fingerprint density at radius 1 is 1.17 bits per heavy atom. The quantitative estimate of drug-likeness (QED) is 0.180. The first kappa shape index (κ1) is 22.3. The van der Waals surface area contributed by atoms with E-state index in [4.69, 9.17) is 11.6 Å². The van der Waals surface area contributed by atoms with Gasteiger partial charge in [0, 0.05) is 35.8 Å². The molecule has 0 aliphatic carbocycles. The van der Waals surface area contributed by atoms with Gasteiger partial charge in [-0.1, -0.05) is 18.5 Å². The van der Waals surface area contributed by atoms with Crippen LogP contribution in [0.5, 0.6) is 0 Å². The van der Waals surface area contributed by atoms with Crippen molar-refractivity contribution in [2.24, 2.45) is 4.99 Å². The molecule has 0 saturated heterocycles. The zero-order chi connectivity index (χ0) is 16.2. The van der Waals surface area contributed by atoms with Gasteiger partial charge in [0.05, 0.1) is 6.54 Å². The average molecular weight is 471 g/mol. The molecule has 130 valence electrons. The smallest absolute Gasteiger partial charge is 0.239 e. The van der Waals surface area contributed by atoms with Gasteiger partial charge in [-0.15, -0.1) is 35.7 Å². The lowest BCUT2D eigenvalue weighted by atomic mass is 10.4. The Bertz CT molecular complexity index is 485. The predicted molar refractivity (Wildman–Crippen MR) is 110 cm³/mol. The lowest BCUT2D eigenvalue weighted by Crippen LogP contribution is -2.43. The first-order valence-electron chi connectivity index (χ1n) is 7.25. The Balaban J connectivity index is 0.00000484. The fraction of sp³-hybridized carbons (Fsp3) is 0.467. The zero-order valence-electron chi connectivity index (χ0n) is 13.4. The van der Waals surface area contributed by atoms with Gasteiger partial charge in [0.15, 0.2) is 5.96 Å². The van der Waals surface area contributed by atoms with E-state index >= 15 is 0 Å². The number of guanidine groups is 1. The molecule has 23 heavy (non-hydrogen) atoms. The topological polar surface area (TPSA) is 65.5 Å². The molecule has 0 fully saturated rings. The van der Waals surface area contributed by atoms with Crippen molar-refractivity contribution in [3.8, 4) is 0 Å². The number of benzene rings is 1. The number of amides is 1. The maximum Gasteiger partial charge on any atom is 0.239 e. The summed E-state index contributed by atoms with van der Waals surface area (Å²) in [6.07, 6.45) is 0.931. The van der Waals surface area contributed by atoms with E-state index in [0.29, 0.717) is 12.5 Å². The van der Waals surface area contributed by atoms with Crippen molar-refractivity contribution in [3.63, 3.8) is 0 Å². The molecular weight excluding hydrogens is 447 g/mol. The average Bonchev–Trinajstić information content (AvgIpc) is 2.53. The van der Waals surface area contributed by atoms with Gasteiger partial charge in [-0.2, -0.15) is 0 Å². The minimum absolute atomic E-state index is 0. The molecule has 0 spiro atoms. The maximum atomic E-state index is 11.5. The number of nitrogens with one attached hydrogen (secondary N) is 3. The van der Waals surface area contributed by atoms with Gasteiger partial charge in [-0.25, -0.2) is 0 Å². The lowest BCUT2D eigenvalue weighted by molar-refractivity contribution is -0.120. The van der Waals surface area contributed by atoms with Crippen LogP contribution in [-0.2, 0) is 4.79 Å². The normalized spacial score (nSPS) is 10.7. The molecule has 0 unspecified atom stereocenters. The third-order valence-corrected chi connectivity index (χ3v) is 3.95. The van der Waals surface area contributed by atoms with Crippen LogP contribution >= 0.6 is 47.3 Å². The number of rotatable bonds is 8. The van der Waals surface area contributed by atoms with Gasteiger partial charge in [0.25, 0.3) is 0 Å². The number of carbonyl (C=O) groups is 1. The molecule has 0 atom stereocenters. The highest BCUT2D eigenvalue weighted by atomic mass is 127. The number of aliphatic imine (C=N–C) groups is 1. The Labute approximate surface area is 164 Å². The summed E-state index contributed by atoms with van der Waals surface area (Å²) in [6.45, 7) is 3.70. The van der Waals surface area contributed by atoms with Crippen LogP contribution in [-0.4, -0.2) is 44.3 Å². The molecule has 3 N–H and O–H groups in total. The summed E-state index contributed by atoms with van der Waals surface area (Å²) in [5.41, 5.74) is 0. The fourth-order valence-corrected chi connectivity index (χ4v) is 2.48.